The first-order valence-corrected chi connectivity index (χ1v) is 7.81. The molecule has 22 heavy (non-hydrogen) atoms. The molecule has 2 N–H and O–H groups in total. The van der Waals surface area contributed by atoms with Crippen molar-refractivity contribution in [2.45, 2.75) is 19.8 Å². The molecule has 7 heteroatoms. The van der Waals surface area contributed by atoms with Gasteiger partial charge in [0.05, 0.1) is 18.9 Å². The van der Waals surface area contributed by atoms with Gasteiger partial charge in [0.1, 0.15) is 5.69 Å². The molecule has 0 saturated carbocycles. The number of fused-ring (bicyclic) bond motifs is 1. The summed E-state index contributed by atoms with van der Waals surface area (Å²) in [4.78, 5) is 11.0. The van der Waals surface area contributed by atoms with E-state index in [9.17, 15) is 4.79 Å². The minimum atomic E-state index is -1.04. The lowest BCUT2D eigenvalue weighted by atomic mass is 10.0. The van der Waals surface area contributed by atoms with E-state index in [0.29, 0.717) is 24.7 Å². The molecule has 0 amide bonds. The van der Waals surface area contributed by atoms with Crippen molar-refractivity contribution in [3.8, 4) is 22.8 Å². The van der Waals surface area contributed by atoms with Gasteiger partial charge in [-0.15, -0.1) is 0 Å². The van der Waals surface area contributed by atoms with Gasteiger partial charge in [0, 0.05) is 22.0 Å². The van der Waals surface area contributed by atoms with E-state index in [1.165, 1.54) is 6.07 Å². The summed E-state index contributed by atoms with van der Waals surface area (Å²) >= 11 is 3.54. The van der Waals surface area contributed by atoms with Crippen LogP contribution in [-0.4, -0.2) is 34.5 Å². The Morgan fingerprint density at radius 2 is 2.18 bits per heavy atom. The number of aromatic amines is 1. The number of ether oxygens (including phenoxy) is 2. The van der Waals surface area contributed by atoms with E-state index >= 15 is 0 Å². The second kappa shape index (κ2) is 6.00. The van der Waals surface area contributed by atoms with Crippen molar-refractivity contribution in [3.05, 3.63) is 27.9 Å². The predicted octanol–water partition coefficient (Wildman–Crippen LogP) is 3.26. The van der Waals surface area contributed by atoms with Gasteiger partial charge < -0.3 is 14.6 Å². The number of carbonyl (C=O) groups is 1. The zero-order valence-corrected chi connectivity index (χ0v) is 13.6. The van der Waals surface area contributed by atoms with Gasteiger partial charge in [0.2, 0.25) is 0 Å². The Bertz CT molecular complexity index is 727. The van der Waals surface area contributed by atoms with Crippen LogP contribution in [0.3, 0.4) is 0 Å². The van der Waals surface area contributed by atoms with Gasteiger partial charge in [-0.25, -0.2) is 4.79 Å². The molecule has 3 rings (SSSR count). The van der Waals surface area contributed by atoms with Gasteiger partial charge in [-0.3, -0.25) is 5.10 Å². The molecular formula is C15H15BrN2O4. The van der Waals surface area contributed by atoms with Crippen LogP contribution in [0.5, 0.6) is 11.5 Å². The molecule has 0 atom stereocenters. The van der Waals surface area contributed by atoms with Crippen molar-refractivity contribution in [2.75, 3.05) is 13.2 Å². The van der Waals surface area contributed by atoms with Crippen LogP contribution < -0.4 is 9.47 Å². The zero-order valence-electron chi connectivity index (χ0n) is 12.0. The summed E-state index contributed by atoms with van der Waals surface area (Å²) in [6.07, 6.45) is 1.55. The molecule has 1 aromatic heterocycles. The fourth-order valence-electron chi connectivity index (χ4n) is 2.51. The van der Waals surface area contributed by atoms with Crippen LogP contribution in [0.2, 0.25) is 0 Å². The lowest BCUT2D eigenvalue weighted by Gasteiger charge is -2.16. The Balaban J connectivity index is 2.17. The van der Waals surface area contributed by atoms with Crippen molar-refractivity contribution in [3.63, 3.8) is 0 Å². The summed E-state index contributed by atoms with van der Waals surface area (Å²) in [7, 11) is 0. The van der Waals surface area contributed by atoms with Crippen LogP contribution in [0, 0.1) is 0 Å². The predicted molar refractivity (Wildman–Crippen MR) is 83.7 cm³/mol. The number of H-pyrrole nitrogens is 1. The number of carboxylic acid groups (broad SMARTS) is 1. The molecule has 0 saturated heterocycles. The largest absolute Gasteiger partial charge is 0.490 e. The highest BCUT2D eigenvalue weighted by molar-refractivity contribution is 9.10. The lowest BCUT2D eigenvalue weighted by molar-refractivity contribution is 0.0690. The number of aromatic carboxylic acids is 1. The molecule has 2 heterocycles. The molecule has 0 aliphatic carbocycles. The van der Waals surface area contributed by atoms with Crippen molar-refractivity contribution in [2.24, 2.45) is 0 Å². The van der Waals surface area contributed by atoms with Crippen LogP contribution in [0.4, 0.5) is 0 Å². The number of benzene rings is 1. The third kappa shape index (κ3) is 2.56. The number of nitrogens with one attached hydrogen (secondary N) is 1. The SMILES string of the molecule is CCc1c2c(cc(Br)c1-c1cc(C(=O)O)[nH]n1)OCCCO2. The number of aromatic nitrogens is 2. The van der Waals surface area contributed by atoms with E-state index in [0.717, 1.165) is 34.2 Å². The molecule has 6 nitrogen and oxygen atoms in total. The average Bonchev–Trinajstić information content (AvgIpc) is 2.86. The lowest BCUT2D eigenvalue weighted by Crippen LogP contribution is -2.00. The normalized spacial score (nSPS) is 13.7. The third-order valence-electron chi connectivity index (χ3n) is 3.51. The highest BCUT2D eigenvalue weighted by Crippen LogP contribution is 2.44. The first-order valence-electron chi connectivity index (χ1n) is 7.01. The number of nitrogens with zero attached hydrogens (tertiary/aromatic N) is 1. The van der Waals surface area contributed by atoms with Crippen LogP contribution in [0.1, 0.15) is 29.4 Å². The van der Waals surface area contributed by atoms with Crippen LogP contribution in [0.15, 0.2) is 16.6 Å². The first kappa shape index (κ1) is 14.9. The zero-order chi connectivity index (χ0) is 15.7. The highest BCUT2D eigenvalue weighted by Gasteiger charge is 2.23. The van der Waals surface area contributed by atoms with Gasteiger partial charge in [0.25, 0.3) is 0 Å². The molecule has 0 spiro atoms. The second-order valence-corrected chi connectivity index (χ2v) is 5.77. The van der Waals surface area contributed by atoms with Gasteiger partial charge in [0.15, 0.2) is 11.5 Å². The Labute approximate surface area is 135 Å². The minimum Gasteiger partial charge on any atom is -0.490 e. The Kier molecular flexibility index (Phi) is 4.06. The molecule has 1 aliphatic rings. The smallest absolute Gasteiger partial charge is 0.353 e. The molecule has 1 aromatic carbocycles. The quantitative estimate of drug-likeness (QED) is 0.870. The molecule has 0 unspecified atom stereocenters. The van der Waals surface area contributed by atoms with E-state index < -0.39 is 5.97 Å². The summed E-state index contributed by atoms with van der Waals surface area (Å²) in [5.74, 6) is 0.388. The number of rotatable bonds is 3. The number of hydrogen-bond acceptors (Lipinski definition) is 4. The topological polar surface area (TPSA) is 84.4 Å². The van der Waals surface area contributed by atoms with Gasteiger partial charge in [-0.2, -0.15) is 5.10 Å². The van der Waals surface area contributed by atoms with Crippen molar-refractivity contribution < 1.29 is 19.4 Å². The fraction of sp³-hybridized carbons (Fsp3) is 0.333. The molecule has 2 aromatic rings. The number of halogens is 1. The Morgan fingerprint density at radius 3 is 2.86 bits per heavy atom. The van der Waals surface area contributed by atoms with E-state index in [-0.39, 0.29) is 5.69 Å². The third-order valence-corrected chi connectivity index (χ3v) is 4.13. The van der Waals surface area contributed by atoms with E-state index in [2.05, 4.69) is 26.1 Å². The van der Waals surface area contributed by atoms with E-state index in [1.807, 2.05) is 13.0 Å². The molecular weight excluding hydrogens is 352 g/mol. The summed E-state index contributed by atoms with van der Waals surface area (Å²) in [5.41, 5.74) is 2.40. The van der Waals surface area contributed by atoms with Crippen molar-refractivity contribution in [1.29, 1.82) is 0 Å². The Hall–Kier alpha value is -2.02. The average molecular weight is 367 g/mol. The first-order chi connectivity index (χ1) is 10.6. The maximum absolute atomic E-state index is 11.0. The molecule has 0 fully saturated rings. The number of carboxylic acids is 1. The standard InChI is InChI=1S/C15H15BrN2O4/c1-2-8-13(10-7-11(15(19)20)18-17-10)9(16)6-12-14(8)22-5-3-4-21-12/h6-7H,2-5H2,1H3,(H,17,18)(H,19,20). The van der Waals surface area contributed by atoms with Gasteiger partial charge in [-0.1, -0.05) is 6.92 Å². The molecule has 1 aliphatic heterocycles. The molecule has 0 radical (unpaired) electrons. The van der Waals surface area contributed by atoms with Gasteiger partial charge >= 0.3 is 5.97 Å². The molecule has 116 valence electrons. The fourth-order valence-corrected chi connectivity index (χ4v) is 3.16. The van der Waals surface area contributed by atoms with Crippen LogP contribution in [-0.2, 0) is 6.42 Å². The van der Waals surface area contributed by atoms with Gasteiger partial charge in [-0.05, 0) is 34.5 Å². The van der Waals surface area contributed by atoms with Crippen LogP contribution in [0.25, 0.3) is 11.3 Å². The van der Waals surface area contributed by atoms with E-state index in [1.54, 1.807) is 0 Å². The van der Waals surface area contributed by atoms with Crippen LogP contribution >= 0.6 is 15.9 Å². The maximum Gasteiger partial charge on any atom is 0.353 e. The van der Waals surface area contributed by atoms with Crippen molar-refractivity contribution in [1.82, 2.24) is 10.2 Å². The minimum absolute atomic E-state index is 0.0519. The summed E-state index contributed by atoms with van der Waals surface area (Å²) in [6.45, 7) is 3.24. The second-order valence-electron chi connectivity index (χ2n) is 4.92. The molecule has 0 bridgehead atoms. The Morgan fingerprint density at radius 1 is 1.41 bits per heavy atom. The summed E-state index contributed by atoms with van der Waals surface area (Å²) < 4.78 is 12.4. The summed E-state index contributed by atoms with van der Waals surface area (Å²) in [5, 5.41) is 15.7. The maximum atomic E-state index is 11.0. The highest BCUT2D eigenvalue weighted by atomic mass is 79.9. The van der Waals surface area contributed by atoms with E-state index in [4.69, 9.17) is 14.6 Å². The monoisotopic (exact) mass is 366 g/mol. The number of hydrogen-bond donors (Lipinski definition) is 2. The van der Waals surface area contributed by atoms with Crippen molar-refractivity contribution >= 4 is 21.9 Å². The summed E-state index contributed by atoms with van der Waals surface area (Å²) in [6, 6.07) is 3.37.